The van der Waals surface area contributed by atoms with Crippen molar-refractivity contribution in [3.05, 3.63) is 65.2 Å². The lowest BCUT2D eigenvalue weighted by Gasteiger charge is -2.35. The molecule has 0 radical (unpaired) electrons. The normalized spacial score (nSPS) is 16.5. The molecule has 1 atom stereocenters. The second-order valence-electron chi connectivity index (χ2n) is 6.01. The Kier molecular flexibility index (Phi) is 4.95. The van der Waals surface area contributed by atoms with Gasteiger partial charge in [0.25, 0.3) is 0 Å². The molecule has 0 aromatic heterocycles. The summed E-state index contributed by atoms with van der Waals surface area (Å²) in [6.07, 6.45) is 3.82. The van der Waals surface area contributed by atoms with Crippen LogP contribution >= 0.6 is 0 Å². The maximum absolute atomic E-state index is 9.02. The van der Waals surface area contributed by atoms with E-state index in [1.807, 2.05) is 24.3 Å². The van der Waals surface area contributed by atoms with Gasteiger partial charge < -0.3 is 4.74 Å². The average molecular weight is 306 g/mol. The molecule has 0 saturated carbocycles. The molecule has 0 amide bonds. The van der Waals surface area contributed by atoms with Gasteiger partial charge in [-0.2, -0.15) is 5.26 Å². The molecular weight excluding hydrogens is 284 g/mol. The SMILES string of the molecule is COc1ccc(C(c2ccc(C#N)cc2)N2CCCCC2)cc1. The van der Waals surface area contributed by atoms with E-state index in [0.29, 0.717) is 5.56 Å². The van der Waals surface area contributed by atoms with Crippen LogP contribution in [0.1, 0.15) is 42.0 Å². The van der Waals surface area contributed by atoms with Gasteiger partial charge in [0.05, 0.1) is 24.8 Å². The molecule has 2 aromatic carbocycles. The summed E-state index contributed by atoms with van der Waals surface area (Å²) in [6, 6.07) is 18.8. The number of hydrogen-bond acceptors (Lipinski definition) is 3. The summed E-state index contributed by atoms with van der Waals surface area (Å²) in [4.78, 5) is 2.55. The molecule has 0 spiro atoms. The Hall–Kier alpha value is -2.31. The second-order valence-corrected chi connectivity index (χ2v) is 6.01. The molecule has 1 fully saturated rings. The highest BCUT2D eigenvalue weighted by Crippen LogP contribution is 2.32. The highest BCUT2D eigenvalue weighted by molar-refractivity contribution is 5.39. The van der Waals surface area contributed by atoms with Gasteiger partial charge in [-0.15, -0.1) is 0 Å². The highest BCUT2D eigenvalue weighted by Gasteiger charge is 2.23. The van der Waals surface area contributed by atoms with Gasteiger partial charge in [-0.05, 0) is 61.3 Å². The molecule has 3 heteroatoms. The maximum atomic E-state index is 9.02. The maximum Gasteiger partial charge on any atom is 0.118 e. The molecule has 0 N–H and O–H groups in total. The summed E-state index contributed by atoms with van der Waals surface area (Å²) in [7, 11) is 1.69. The molecule has 1 aliphatic heterocycles. The monoisotopic (exact) mass is 306 g/mol. The number of methoxy groups -OCH3 is 1. The number of nitriles is 1. The smallest absolute Gasteiger partial charge is 0.118 e. The molecule has 1 aliphatic rings. The lowest BCUT2D eigenvalue weighted by atomic mass is 9.94. The molecule has 1 heterocycles. The first-order valence-electron chi connectivity index (χ1n) is 8.20. The van der Waals surface area contributed by atoms with Gasteiger partial charge in [0.15, 0.2) is 0 Å². The Labute approximate surface area is 138 Å². The van der Waals surface area contributed by atoms with Crippen molar-refractivity contribution >= 4 is 0 Å². The minimum atomic E-state index is 0.244. The van der Waals surface area contributed by atoms with Gasteiger partial charge in [0.1, 0.15) is 5.75 Å². The van der Waals surface area contributed by atoms with Crippen LogP contribution in [0, 0.1) is 11.3 Å². The summed E-state index contributed by atoms with van der Waals surface area (Å²) in [5.41, 5.74) is 3.23. The highest BCUT2D eigenvalue weighted by atomic mass is 16.5. The van der Waals surface area contributed by atoms with E-state index < -0.39 is 0 Å². The Balaban J connectivity index is 1.95. The molecule has 2 aromatic rings. The van der Waals surface area contributed by atoms with Crippen molar-refractivity contribution in [3.8, 4) is 11.8 Å². The summed E-state index contributed by atoms with van der Waals surface area (Å²) >= 11 is 0. The van der Waals surface area contributed by atoms with E-state index in [-0.39, 0.29) is 6.04 Å². The van der Waals surface area contributed by atoms with Crippen LogP contribution in [0.15, 0.2) is 48.5 Å². The minimum absolute atomic E-state index is 0.244. The number of likely N-dealkylation sites (tertiary alicyclic amines) is 1. The van der Waals surface area contributed by atoms with E-state index >= 15 is 0 Å². The third-order valence-electron chi connectivity index (χ3n) is 4.54. The predicted octanol–water partition coefficient (Wildman–Crippen LogP) is 4.14. The third kappa shape index (κ3) is 3.55. The van der Waals surface area contributed by atoms with Crippen molar-refractivity contribution in [2.24, 2.45) is 0 Å². The fourth-order valence-corrected chi connectivity index (χ4v) is 3.32. The Bertz CT molecular complexity index is 664. The first kappa shape index (κ1) is 15.6. The summed E-state index contributed by atoms with van der Waals surface area (Å²) in [6.45, 7) is 2.24. The van der Waals surface area contributed by atoms with Gasteiger partial charge in [-0.3, -0.25) is 4.90 Å². The molecule has 3 rings (SSSR count). The zero-order chi connectivity index (χ0) is 16.1. The second kappa shape index (κ2) is 7.30. The lowest BCUT2D eigenvalue weighted by Crippen LogP contribution is -2.34. The van der Waals surface area contributed by atoms with Crippen LogP contribution in [0.2, 0.25) is 0 Å². The van der Waals surface area contributed by atoms with Gasteiger partial charge in [0.2, 0.25) is 0 Å². The van der Waals surface area contributed by atoms with Crippen LogP contribution < -0.4 is 4.74 Å². The topological polar surface area (TPSA) is 36.3 Å². The third-order valence-corrected chi connectivity index (χ3v) is 4.54. The average Bonchev–Trinajstić information content (AvgIpc) is 2.64. The van der Waals surface area contributed by atoms with Gasteiger partial charge in [0, 0.05) is 0 Å². The first-order chi connectivity index (χ1) is 11.3. The number of hydrogen-bond donors (Lipinski definition) is 0. The van der Waals surface area contributed by atoms with E-state index in [2.05, 4.69) is 35.2 Å². The van der Waals surface area contributed by atoms with E-state index in [4.69, 9.17) is 10.00 Å². The number of piperidine rings is 1. The first-order valence-corrected chi connectivity index (χ1v) is 8.20. The van der Waals surface area contributed by atoms with Crippen molar-refractivity contribution in [2.45, 2.75) is 25.3 Å². The standard InChI is InChI=1S/C20H22N2O/c1-23-19-11-9-18(10-12-19)20(22-13-3-2-4-14-22)17-7-5-16(15-21)6-8-17/h5-12,20H,2-4,13-14H2,1H3. The quantitative estimate of drug-likeness (QED) is 0.851. The van der Waals surface area contributed by atoms with Gasteiger partial charge >= 0.3 is 0 Å². The number of rotatable bonds is 4. The van der Waals surface area contributed by atoms with Gasteiger partial charge in [-0.1, -0.05) is 30.7 Å². The molecule has 0 aliphatic carbocycles. The minimum Gasteiger partial charge on any atom is -0.497 e. The molecule has 3 nitrogen and oxygen atoms in total. The predicted molar refractivity (Wildman–Crippen MR) is 91.4 cm³/mol. The largest absolute Gasteiger partial charge is 0.497 e. The summed E-state index contributed by atoms with van der Waals surface area (Å²) in [5.74, 6) is 0.881. The fraction of sp³-hybridized carbons (Fsp3) is 0.350. The number of benzene rings is 2. The Morgan fingerprint density at radius 2 is 1.48 bits per heavy atom. The summed E-state index contributed by atoms with van der Waals surface area (Å²) < 4.78 is 5.28. The van der Waals surface area contributed by atoms with E-state index in [0.717, 1.165) is 18.8 Å². The van der Waals surface area contributed by atoms with Crippen LogP contribution in [0.4, 0.5) is 0 Å². The van der Waals surface area contributed by atoms with E-state index in [9.17, 15) is 0 Å². The lowest BCUT2D eigenvalue weighted by molar-refractivity contribution is 0.187. The zero-order valence-electron chi connectivity index (χ0n) is 13.5. The van der Waals surface area contributed by atoms with Crippen LogP contribution in [-0.4, -0.2) is 25.1 Å². The van der Waals surface area contributed by atoms with E-state index in [1.165, 1.54) is 30.4 Å². The number of ether oxygens (including phenoxy) is 1. The van der Waals surface area contributed by atoms with Crippen molar-refractivity contribution in [1.29, 1.82) is 5.26 Å². The Morgan fingerprint density at radius 1 is 0.913 bits per heavy atom. The molecule has 118 valence electrons. The van der Waals surface area contributed by atoms with Crippen molar-refractivity contribution < 1.29 is 4.74 Å². The van der Waals surface area contributed by atoms with Crippen LogP contribution in [0.3, 0.4) is 0 Å². The fourth-order valence-electron chi connectivity index (χ4n) is 3.32. The van der Waals surface area contributed by atoms with Crippen LogP contribution in [-0.2, 0) is 0 Å². The summed E-state index contributed by atoms with van der Waals surface area (Å²) in [5, 5.41) is 9.02. The molecule has 0 bridgehead atoms. The van der Waals surface area contributed by atoms with Crippen molar-refractivity contribution in [1.82, 2.24) is 4.90 Å². The van der Waals surface area contributed by atoms with E-state index in [1.54, 1.807) is 7.11 Å². The van der Waals surface area contributed by atoms with Crippen LogP contribution in [0.25, 0.3) is 0 Å². The van der Waals surface area contributed by atoms with Gasteiger partial charge in [-0.25, -0.2) is 0 Å². The van der Waals surface area contributed by atoms with Crippen molar-refractivity contribution in [3.63, 3.8) is 0 Å². The Morgan fingerprint density at radius 3 is 2.00 bits per heavy atom. The molecule has 23 heavy (non-hydrogen) atoms. The number of nitrogens with zero attached hydrogens (tertiary/aromatic N) is 2. The zero-order valence-corrected chi connectivity index (χ0v) is 13.5. The molecule has 1 unspecified atom stereocenters. The molecular formula is C20H22N2O. The van der Waals surface area contributed by atoms with Crippen LogP contribution in [0.5, 0.6) is 5.75 Å². The van der Waals surface area contributed by atoms with Crippen molar-refractivity contribution in [2.75, 3.05) is 20.2 Å². The molecule has 1 saturated heterocycles.